The Labute approximate surface area is 237 Å². The van der Waals surface area contributed by atoms with Gasteiger partial charge in [0.1, 0.15) is 23.1 Å². The second-order valence-electron chi connectivity index (χ2n) is 10.3. The van der Waals surface area contributed by atoms with E-state index in [1.165, 1.54) is 24.3 Å². The van der Waals surface area contributed by atoms with Crippen molar-refractivity contribution in [1.29, 1.82) is 0 Å². The van der Waals surface area contributed by atoms with Crippen LogP contribution in [0.25, 0.3) is 0 Å². The Balaban J connectivity index is 1.39. The minimum Gasteiger partial charge on any atom is -0.484 e. The number of fused-ring (bicyclic) bond motifs is 3. The Hall–Kier alpha value is -2.79. The molecule has 5 rings (SSSR count). The first-order valence-electron chi connectivity index (χ1n) is 12.6. The van der Waals surface area contributed by atoms with Crippen LogP contribution in [0.5, 0.6) is 11.5 Å². The lowest BCUT2D eigenvalue weighted by Crippen LogP contribution is -2.68. The van der Waals surface area contributed by atoms with Gasteiger partial charge in [-0.15, -0.1) is 0 Å². The van der Waals surface area contributed by atoms with Gasteiger partial charge in [-0.25, -0.2) is 8.78 Å². The summed E-state index contributed by atoms with van der Waals surface area (Å²) in [7, 11) is 0. The third kappa shape index (κ3) is 7.48. The first-order valence-corrected chi connectivity index (χ1v) is 13.4. The van der Waals surface area contributed by atoms with Crippen LogP contribution in [0.3, 0.4) is 0 Å². The summed E-state index contributed by atoms with van der Waals surface area (Å²) in [5.74, 6) is -2.83. The molecule has 218 valence electrons. The lowest BCUT2D eigenvalue weighted by Gasteiger charge is -2.58. The summed E-state index contributed by atoms with van der Waals surface area (Å²) in [4.78, 5) is 25.5. The summed E-state index contributed by atoms with van der Waals surface area (Å²) >= 11 is 11.3. The first-order chi connectivity index (χ1) is 18.8. The van der Waals surface area contributed by atoms with Gasteiger partial charge in [-0.3, -0.25) is 9.59 Å². The van der Waals surface area contributed by atoms with Gasteiger partial charge in [-0.2, -0.15) is 13.2 Å². The number of amides is 2. The molecule has 6 nitrogen and oxygen atoms in total. The predicted octanol–water partition coefficient (Wildman–Crippen LogP) is 6.38. The lowest BCUT2D eigenvalue weighted by molar-refractivity contribution is -0.146. The summed E-state index contributed by atoms with van der Waals surface area (Å²) in [6.45, 7) is -0.875. The molecule has 2 aromatic rings. The van der Waals surface area contributed by atoms with Crippen molar-refractivity contribution in [3.63, 3.8) is 0 Å². The van der Waals surface area contributed by atoms with Crippen LogP contribution in [0.2, 0.25) is 10.0 Å². The van der Waals surface area contributed by atoms with Crippen molar-refractivity contribution >= 4 is 35.0 Å². The highest BCUT2D eigenvalue weighted by Crippen LogP contribution is 2.52. The van der Waals surface area contributed by atoms with E-state index in [0.717, 1.165) is 12.1 Å². The molecule has 0 aromatic heterocycles. The summed E-state index contributed by atoms with van der Waals surface area (Å²) in [6.07, 6.45) is -3.87. The van der Waals surface area contributed by atoms with Gasteiger partial charge in [0.05, 0.1) is 10.0 Å². The number of rotatable bonds is 10. The monoisotopic (exact) mass is 608 g/mol. The molecule has 0 saturated heterocycles. The van der Waals surface area contributed by atoms with Crippen LogP contribution in [0.4, 0.5) is 22.0 Å². The molecule has 0 radical (unpaired) electrons. The molecule has 0 aliphatic heterocycles. The molecule has 40 heavy (non-hydrogen) atoms. The minimum atomic E-state index is -4.39. The highest BCUT2D eigenvalue weighted by atomic mass is 35.5. The van der Waals surface area contributed by atoms with Gasteiger partial charge >= 0.3 is 6.18 Å². The number of benzene rings is 2. The van der Waals surface area contributed by atoms with E-state index >= 15 is 0 Å². The van der Waals surface area contributed by atoms with Crippen molar-refractivity contribution in [2.75, 3.05) is 13.2 Å². The number of halogens is 7. The average Bonchev–Trinajstić information content (AvgIpc) is 2.89. The molecule has 3 fully saturated rings. The van der Waals surface area contributed by atoms with E-state index in [-0.39, 0.29) is 34.4 Å². The molecule has 3 aliphatic rings. The third-order valence-electron chi connectivity index (χ3n) is 7.61. The van der Waals surface area contributed by atoms with Crippen molar-refractivity contribution in [2.24, 2.45) is 5.92 Å². The fraction of sp³-hybridized carbons (Fsp3) is 0.481. The quantitative estimate of drug-likeness (QED) is 0.307. The SMILES string of the molecule is O=C(COc1ccc(Cl)c(F)c1)NC12CCC(NC(=O)COc3ccc(Cl)c(F)c3)(CC1)C(CCC(F)(F)F)C2. The fourth-order valence-corrected chi connectivity index (χ4v) is 5.89. The van der Waals surface area contributed by atoms with Gasteiger partial charge in [0, 0.05) is 29.6 Å². The van der Waals surface area contributed by atoms with Crippen LogP contribution in [-0.2, 0) is 9.59 Å². The molecule has 2 bridgehead atoms. The van der Waals surface area contributed by atoms with E-state index in [0.29, 0.717) is 25.7 Å². The zero-order valence-electron chi connectivity index (χ0n) is 21.2. The number of carbonyl (C=O) groups is 2. The standard InChI is InChI=1S/C27H27Cl2F5N2O4/c28-19-3-1-17(11-21(19)30)39-14-23(37)35-25-7-9-26(10-8-25,16(13-25)5-6-27(32,33)34)36-24(38)15-40-18-2-4-20(29)22(31)12-18/h1-4,11-12,16H,5-10,13-15H2,(H,35,37)(H,36,38). The van der Waals surface area contributed by atoms with Crippen LogP contribution in [0.1, 0.15) is 44.9 Å². The van der Waals surface area contributed by atoms with Gasteiger partial charge in [0.15, 0.2) is 13.2 Å². The molecule has 1 atom stereocenters. The normalized spacial score (nSPS) is 23.9. The number of ether oxygens (including phenoxy) is 2. The van der Waals surface area contributed by atoms with Crippen LogP contribution in [0.15, 0.2) is 36.4 Å². The number of hydrogen-bond acceptors (Lipinski definition) is 4. The molecule has 2 amide bonds. The van der Waals surface area contributed by atoms with Crippen LogP contribution < -0.4 is 20.1 Å². The third-order valence-corrected chi connectivity index (χ3v) is 8.22. The molecule has 2 N–H and O–H groups in total. The lowest BCUT2D eigenvalue weighted by atomic mass is 9.55. The molecular formula is C27H27Cl2F5N2O4. The smallest absolute Gasteiger partial charge is 0.389 e. The highest BCUT2D eigenvalue weighted by Gasteiger charge is 2.55. The molecular weight excluding hydrogens is 582 g/mol. The van der Waals surface area contributed by atoms with Gasteiger partial charge in [-0.1, -0.05) is 23.2 Å². The fourth-order valence-electron chi connectivity index (χ4n) is 5.65. The topological polar surface area (TPSA) is 76.7 Å². The predicted molar refractivity (Wildman–Crippen MR) is 137 cm³/mol. The van der Waals surface area contributed by atoms with E-state index < -0.39 is 66.3 Å². The van der Waals surface area contributed by atoms with Crippen molar-refractivity contribution < 1.29 is 41.0 Å². The zero-order valence-corrected chi connectivity index (χ0v) is 22.7. The van der Waals surface area contributed by atoms with E-state index in [1.54, 1.807) is 0 Å². The first kappa shape index (κ1) is 30.2. The molecule has 3 saturated carbocycles. The van der Waals surface area contributed by atoms with Crippen molar-refractivity contribution in [3.8, 4) is 11.5 Å². The van der Waals surface area contributed by atoms with E-state index in [2.05, 4.69) is 10.6 Å². The van der Waals surface area contributed by atoms with Crippen LogP contribution in [0, 0.1) is 17.6 Å². The van der Waals surface area contributed by atoms with Gasteiger partial charge < -0.3 is 20.1 Å². The Bertz CT molecular complexity index is 1250. The zero-order chi connectivity index (χ0) is 29.1. The van der Waals surface area contributed by atoms with Crippen molar-refractivity contribution in [3.05, 3.63) is 58.1 Å². The number of alkyl halides is 3. The number of carbonyl (C=O) groups excluding carboxylic acids is 2. The Morgan fingerprint density at radius 3 is 1.82 bits per heavy atom. The van der Waals surface area contributed by atoms with Crippen LogP contribution >= 0.6 is 23.2 Å². The van der Waals surface area contributed by atoms with Crippen molar-refractivity contribution in [2.45, 2.75) is 62.2 Å². The second kappa shape index (κ2) is 12.0. The molecule has 3 aliphatic carbocycles. The van der Waals surface area contributed by atoms with E-state index in [4.69, 9.17) is 32.7 Å². The molecule has 2 aromatic carbocycles. The maximum atomic E-state index is 13.7. The highest BCUT2D eigenvalue weighted by molar-refractivity contribution is 6.31. The van der Waals surface area contributed by atoms with E-state index in [9.17, 15) is 31.5 Å². The van der Waals surface area contributed by atoms with Crippen LogP contribution in [-0.4, -0.2) is 42.3 Å². The summed E-state index contributed by atoms with van der Waals surface area (Å²) in [5.41, 5.74) is -1.66. The largest absolute Gasteiger partial charge is 0.484 e. The average molecular weight is 609 g/mol. The van der Waals surface area contributed by atoms with Crippen molar-refractivity contribution in [1.82, 2.24) is 10.6 Å². The summed E-state index contributed by atoms with van der Waals surface area (Å²) < 4.78 is 77.5. The molecule has 0 spiro atoms. The molecule has 0 heterocycles. The number of nitrogens with one attached hydrogen (secondary N) is 2. The maximum absolute atomic E-state index is 13.7. The Morgan fingerprint density at radius 1 is 0.850 bits per heavy atom. The Kier molecular flexibility index (Phi) is 9.04. The van der Waals surface area contributed by atoms with E-state index in [1.807, 2.05) is 0 Å². The molecule has 13 heteroatoms. The second-order valence-corrected chi connectivity index (χ2v) is 11.1. The minimum absolute atomic E-state index is 0.0840. The van der Waals surface area contributed by atoms with Gasteiger partial charge in [-0.05, 0) is 68.7 Å². The Morgan fingerprint density at radius 2 is 1.35 bits per heavy atom. The van der Waals surface area contributed by atoms with Gasteiger partial charge in [0.2, 0.25) is 0 Å². The number of hydrogen-bond donors (Lipinski definition) is 2. The maximum Gasteiger partial charge on any atom is 0.389 e. The van der Waals surface area contributed by atoms with Gasteiger partial charge in [0.25, 0.3) is 11.8 Å². The summed E-state index contributed by atoms with van der Waals surface area (Å²) in [6, 6.07) is 7.47. The molecule has 1 unspecified atom stereocenters. The summed E-state index contributed by atoms with van der Waals surface area (Å²) in [5, 5.41) is 5.62.